The number of amides is 1. The molecule has 4 aromatic rings. The number of fused-ring (bicyclic) bond motifs is 2. The fourth-order valence-electron chi connectivity index (χ4n) is 6.61. The van der Waals surface area contributed by atoms with E-state index in [-0.39, 0.29) is 46.6 Å². The van der Waals surface area contributed by atoms with Crippen molar-refractivity contribution in [1.29, 1.82) is 0 Å². The van der Waals surface area contributed by atoms with Crippen molar-refractivity contribution in [2.75, 3.05) is 32.3 Å². The van der Waals surface area contributed by atoms with Gasteiger partial charge < -0.3 is 23.8 Å². The average molecular weight is 754 g/mol. The fraction of sp³-hybridized carbons (Fsp3) is 0.371. The number of halogens is 6. The van der Waals surface area contributed by atoms with Crippen LogP contribution in [0, 0.1) is 6.92 Å². The Morgan fingerprint density at radius 2 is 1.48 bits per heavy atom. The third kappa shape index (κ3) is 7.49. The summed E-state index contributed by atoms with van der Waals surface area (Å²) in [6.07, 6.45) is -7.35. The van der Waals surface area contributed by atoms with Crippen molar-refractivity contribution in [2.24, 2.45) is 0 Å². The van der Waals surface area contributed by atoms with Gasteiger partial charge in [0.05, 0.1) is 31.0 Å². The minimum atomic E-state index is -4.70. The Morgan fingerprint density at radius 1 is 0.885 bits per heavy atom. The molecule has 1 fully saturated rings. The van der Waals surface area contributed by atoms with Gasteiger partial charge >= 0.3 is 12.4 Å². The van der Waals surface area contributed by atoms with Crippen molar-refractivity contribution in [1.82, 2.24) is 9.71 Å². The van der Waals surface area contributed by atoms with Gasteiger partial charge in [0, 0.05) is 41.5 Å². The summed E-state index contributed by atoms with van der Waals surface area (Å²) in [7, 11) is -1.32. The fourth-order valence-corrected chi connectivity index (χ4v) is 7.78. The maximum absolute atomic E-state index is 13.5. The first-order valence-corrected chi connectivity index (χ1v) is 17.5. The third-order valence-electron chi connectivity index (χ3n) is 8.94. The largest absolute Gasteiger partial charge is 0.496 e. The number of carbonyl (C=O) groups excluding carboxylic acids is 1. The summed E-state index contributed by atoms with van der Waals surface area (Å²) < 4.78 is 130. The number of ether oxygens (including phenoxy) is 4. The molecule has 1 saturated carbocycles. The molecule has 3 aromatic carbocycles. The quantitative estimate of drug-likeness (QED) is 0.159. The molecule has 1 amide bonds. The molecule has 17 heteroatoms. The standard InChI is InChI=1S/C35H33F6N3O7S/c1-20-14-21(17-52(46,47)43-32(45)33(11-12-33)28-26(48-2)7-4-8-27(28)49-3)9-10-25(20)44-15-23-24(16-44)31(51-19-35(39,40)41)29-22(6-5-13-42-29)30(23)50-18-34(36,37)38/h4-10,13-14H,11-12,15-19H2,1-3H3,(H,43,45). The number of hydrogen-bond donors (Lipinski definition) is 1. The maximum Gasteiger partial charge on any atom is 0.422 e. The molecule has 0 radical (unpaired) electrons. The SMILES string of the molecule is COc1cccc(OC)c1C1(C(=O)NS(=O)(=O)Cc2ccc(N3Cc4c(c(OCC(F)(F)F)c5ncccc5c4OCC(F)(F)F)C3)c(C)c2)CC1. The first-order valence-electron chi connectivity index (χ1n) is 15.9. The number of nitrogens with zero attached hydrogens (tertiary/aromatic N) is 2. The molecular weight excluding hydrogens is 720 g/mol. The number of aromatic nitrogens is 1. The van der Waals surface area contributed by atoms with Crippen LogP contribution in [-0.2, 0) is 39.1 Å². The minimum Gasteiger partial charge on any atom is -0.496 e. The monoisotopic (exact) mass is 753 g/mol. The van der Waals surface area contributed by atoms with Gasteiger partial charge in [0.1, 0.15) is 22.8 Å². The third-order valence-corrected chi connectivity index (χ3v) is 10.1. The molecule has 10 nitrogen and oxygen atoms in total. The molecule has 1 aliphatic carbocycles. The molecule has 6 rings (SSSR count). The number of carbonyl (C=O) groups is 1. The van der Waals surface area contributed by atoms with Gasteiger partial charge in [-0.25, -0.2) is 8.42 Å². The average Bonchev–Trinajstić information content (AvgIpc) is 3.76. The Hall–Kier alpha value is -4.93. The summed E-state index contributed by atoms with van der Waals surface area (Å²) in [4.78, 5) is 19.3. The van der Waals surface area contributed by atoms with Gasteiger partial charge in [-0.1, -0.05) is 18.2 Å². The van der Waals surface area contributed by atoms with E-state index in [0.717, 1.165) is 0 Å². The van der Waals surface area contributed by atoms with Gasteiger partial charge in [-0.05, 0) is 61.2 Å². The molecule has 0 spiro atoms. The van der Waals surface area contributed by atoms with Crippen LogP contribution in [-0.4, -0.2) is 59.1 Å². The first kappa shape index (κ1) is 36.8. The number of alkyl halides is 6. The van der Waals surface area contributed by atoms with Gasteiger partial charge in [-0.2, -0.15) is 26.3 Å². The zero-order chi connectivity index (χ0) is 37.6. The highest BCUT2D eigenvalue weighted by molar-refractivity contribution is 7.89. The van der Waals surface area contributed by atoms with E-state index in [1.54, 1.807) is 42.2 Å². The van der Waals surface area contributed by atoms with Crippen molar-refractivity contribution in [3.63, 3.8) is 0 Å². The number of methoxy groups -OCH3 is 2. The maximum atomic E-state index is 13.5. The number of pyridine rings is 1. The van der Waals surface area contributed by atoms with Gasteiger partial charge in [-0.3, -0.25) is 14.5 Å². The molecule has 52 heavy (non-hydrogen) atoms. The number of aryl methyl sites for hydroxylation is 1. The second kappa shape index (κ2) is 13.6. The Balaban J connectivity index is 1.26. The molecular formula is C35H33F6N3O7S. The van der Waals surface area contributed by atoms with E-state index in [4.69, 9.17) is 18.9 Å². The van der Waals surface area contributed by atoms with Gasteiger partial charge in [0.15, 0.2) is 19.0 Å². The molecule has 0 unspecified atom stereocenters. The normalized spacial score (nSPS) is 15.3. The summed E-state index contributed by atoms with van der Waals surface area (Å²) in [5.41, 5.74) is 1.03. The predicted molar refractivity (Wildman–Crippen MR) is 177 cm³/mol. The Labute approximate surface area is 294 Å². The van der Waals surface area contributed by atoms with Crippen LogP contribution < -0.4 is 28.6 Å². The highest BCUT2D eigenvalue weighted by Crippen LogP contribution is 2.55. The van der Waals surface area contributed by atoms with E-state index >= 15 is 0 Å². The van der Waals surface area contributed by atoms with Crippen LogP contribution >= 0.6 is 0 Å². The number of hydrogen-bond acceptors (Lipinski definition) is 9. The molecule has 1 aromatic heterocycles. The van der Waals surface area contributed by atoms with E-state index in [1.807, 2.05) is 0 Å². The van der Waals surface area contributed by atoms with E-state index < -0.39 is 52.7 Å². The number of sulfonamides is 1. The minimum absolute atomic E-state index is 0.0565. The van der Waals surface area contributed by atoms with E-state index in [1.165, 1.54) is 38.6 Å². The highest BCUT2D eigenvalue weighted by Gasteiger charge is 2.55. The van der Waals surface area contributed by atoms with Crippen molar-refractivity contribution in [3.8, 4) is 23.0 Å². The molecule has 2 aliphatic rings. The molecule has 1 N–H and O–H groups in total. The van der Waals surface area contributed by atoms with E-state index in [9.17, 15) is 39.6 Å². The van der Waals surface area contributed by atoms with Crippen molar-refractivity contribution >= 4 is 32.5 Å². The van der Waals surface area contributed by atoms with Crippen molar-refractivity contribution < 1.29 is 58.5 Å². The zero-order valence-corrected chi connectivity index (χ0v) is 28.9. The second-order valence-corrected chi connectivity index (χ2v) is 14.3. The number of benzene rings is 3. The summed E-state index contributed by atoms with van der Waals surface area (Å²) in [5.74, 6) is -0.884. The van der Waals surface area contributed by atoms with Crippen LogP contribution in [0.2, 0.25) is 0 Å². The molecule has 278 valence electrons. The summed E-state index contributed by atoms with van der Waals surface area (Å²) in [6.45, 7) is -1.74. The smallest absolute Gasteiger partial charge is 0.422 e. The van der Waals surface area contributed by atoms with Crippen LogP contribution in [0.25, 0.3) is 10.9 Å². The second-order valence-electron chi connectivity index (χ2n) is 12.6. The number of anilines is 1. The van der Waals surface area contributed by atoms with E-state index in [0.29, 0.717) is 46.7 Å². The van der Waals surface area contributed by atoms with Crippen LogP contribution in [0.3, 0.4) is 0 Å². The lowest BCUT2D eigenvalue weighted by atomic mass is 9.93. The summed E-state index contributed by atoms with van der Waals surface area (Å²) in [6, 6.07) is 12.5. The highest BCUT2D eigenvalue weighted by atomic mass is 32.2. The topological polar surface area (TPSA) is 116 Å². The summed E-state index contributed by atoms with van der Waals surface area (Å²) >= 11 is 0. The Bertz CT molecular complexity index is 2050. The first-order chi connectivity index (χ1) is 24.4. The van der Waals surface area contributed by atoms with Crippen LogP contribution in [0.4, 0.5) is 32.0 Å². The lowest BCUT2D eigenvalue weighted by Crippen LogP contribution is -2.39. The van der Waals surface area contributed by atoms with Crippen LogP contribution in [0.5, 0.6) is 23.0 Å². The zero-order valence-electron chi connectivity index (χ0n) is 28.1. The van der Waals surface area contributed by atoms with Gasteiger partial charge in [0.2, 0.25) is 15.9 Å². The van der Waals surface area contributed by atoms with Crippen molar-refractivity contribution in [3.05, 3.63) is 82.5 Å². The predicted octanol–water partition coefficient (Wildman–Crippen LogP) is 6.64. The molecule has 2 heterocycles. The van der Waals surface area contributed by atoms with Crippen LogP contribution in [0.15, 0.2) is 54.7 Å². The molecule has 1 aliphatic heterocycles. The number of nitrogens with one attached hydrogen (secondary N) is 1. The van der Waals surface area contributed by atoms with Gasteiger partial charge in [0.25, 0.3) is 0 Å². The van der Waals surface area contributed by atoms with Crippen molar-refractivity contribution in [2.45, 2.75) is 56.4 Å². The Morgan fingerprint density at radius 3 is 2.04 bits per heavy atom. The van der Waals surface area contributed by atoms with Crippen LogP contribution in [0.1, 0.15) is 40.7 Å². The lowest BCUT2D eigenvalue weighted by Gasteiger charge is -2.22. The number of rotatable bonds is 12. The van der Waals surface area contributed by atoms with Gasteiger partial charge in [-0.15, -0.1) is 0 Å². The molecule has 0 saturated heterocycles. The lowest BCUT2D eigenvalue weighted by molar-refractivity contribution is -0.154. The Kier molecular flexibility index (Phi) is 9.61. The molecule has 0 bridgehead atoms. The van der Waals surface area contributed by atoms with E-state index in [2.05, 4.69) is 9.71 Å². The summed E-state index contributed by atoms with van der Waals surface area (Å²) in [5, 5.41) is 0.0565. The molecule has 0 atom stereocenters.